The molecule has 1 fully saturated rings. The summed E-state index contributed by atoms with van der Waals surface area (Å²) in [5, 5.41) is 26.1. The number of carboxylic acids is 1. The molecule has 34 heavy (non-hydrogen) atoms. The Morgan fingerprint density at radius 1 is 1.29 bits per heavy atom. The molecule has 1 saturated heterocycles. The number of benzene rings is 1. The van der Waals surface area contributed by atoms with Gasteiger partial charge < -0.3 is 19.8 Å². The number of aliphatic hydroxyl groups excluding tert-OH is 1. The first-order valence-corrected chi connectivity index (χ1v) is 13.1. The number of piperidine rings is 1. The zero-order chi connectivity index (χ0) is 23.9. The van der Waals surface area contributed by atoms with Crippen LogP contribution < -0.4 is 4.74 Å². The Bertz CT molecular complexity index is 1070. The Kier molecular flexibility index (Phi) is 8.53. The van der Waals surface area contributed by atoms with E-state index in [9.17, 15) is 15.0 Å². The number of unbranched alkanes of at least 4 members (excludes halogenated alkanes) is 1. The van der Waals surface area contributed by atoms with Gasteiger partial charge in [-0.1, -0.05) is 0 Å². The number of aliphatic carboxylic acids is 1. The van der Waals surface area contributed by atoms with Crippen LogP contribution in [0.2, 0.25) is 0 Å². The van der Waals surface area contributed by atoms with Gasteiger partial charge in [-0.05, 0) is 110 Å². The van der Waals surface area contributed by atoms with E-state index in [-0.39, 0.29) is 11.8 Å². The summed E-state index contributed by atoms with van der Waals surface area (Å²) in [7, 11) is 1.62. The van der Waals surface area contributed by atoms with Gasteiger partial charge in [0, 0.05) is 18.1 Å². The number of aliphatic hydroxyl groups is 1. The highest BCUT2D eigenvalue weighted by Crippen LogP contribution is 2.33. The Labute approximate surface area is 205 Å². The number of likely N-dealkylation sites (tertiary alicyclic amines) is 1. The summed E-state index contributed by atoms with van der Waals surface area (Å²) < 4.78 is 5.34. The Morgan fingerprint density at radius 2 is 2.18 bits per heavy atom. The number of hydrogen-bond acceptors (Lipinski definition) is 6. The Hall–Kier alpha value is -2.48. The molecular formula is C27H34N2O4S. The number of aryl methyl sites for hydroxylation is 1. The minimum absolute atomic E-state index is 0.0804. The van der Waals surface area contributed by atoms with E-state index in [2.05, 4.69) is 26.7 Å². The number of carboxylic acid groups (broad SMARTS) is 1. The van der Waals surface area contributed by atoms with Gasteiger partial charge in [-0.2, -0.15) is 11.3 Å². The Morgan fingerprint density at radius 3 is 2.94 bits per heavy atom. The molecule has 0 amide bonds. The number of hydrogen-bond donors (Lipinski definition) is 2. The molecule has 0 radical (unpaired) electrons. The summed E-state index contributed by atoms with van der Waals surface area (Å²) in [6.07, 6.45) is 6.44. The molecule has 0 saturated carbocycles. The highest BCUT2D eigenvalue weighted by molar-refractivity contribution is 7.07. The summed E-state index contributed by atoms with van der Waals surface area (Å²) >= 11 is 1.73. The highest BCUT2D eigenvalue weighted by atomic mass is 32.1. The van der Waals surface area contributed by atoms with Crippen molar-refractivity contribution in [1.82, 2.24) is 9.88 Å². The molecule has 0 aliphatic carbocycles. The number of pyridine rings is 1. The van der Waals surface area contributed by atoms with E-state index in [0.717, 1.165) is 61.0 Å². The van der Waals surface area contributed by atoms with Gasteiger partial charge in [0.15, 0.2) is 0 Å². The lowest BCUT2D eigenvalue weighted by Gasteiger charge is -2.37. The smallest absolute Gasteiger partial charge is 0.308 e. The van der Waals surface area contributed by atoms with Crippen LogP contribution in [0.3, 0.4) is 0 Å². The van der Waals surface area contributed by atoms with Crippen LogP contribution in [0.4, 0.5) is 0 Å². The molecule has 0 spiro atoms. The summed E-state index contributed by atoms with van der Waals surface area (Å²) in [4.78, 5) is 18.7. The monoisotopic (exact) mass is 482 g/mol. The minimum Gasteiger partial charge on any atom is -0.497 e. The van der Waals surface area contributed by atoms with Crippen LogP contribution in [0.15, 0.2) is 47.3 Å². The van der Waals surface area contributed by atoms with Crippen molar-refractivity contribution in [2.24, 2.45) is 11.8 Å². The number of rotatable bonds is 11. The first kappa shape index (κ1) is 24.6. The molecule has 2 aromatic heterocycles. The van der Waals surface area contributed by atoms with Crippen LogP contribution in [-0.2, 0) is 11.2 Å². The number of carbonyl (C=O) groups is 1. The van der Waals surface area contributed by atoms with Gasteiger partial charge in [-0.15, -0.1) is 0 Å². The molecule has 0 bridgehead atoms. The molecule has 4 rings (SSSR count). The largest absolute Gasteiger partial charge is 0.497 e. The van der Waals surface area contributed by atoms with Crippen LogP contribution in [0.25, 0.3) is 10.9 Å². The quantitative estimate of drug-likeness (QED) is 0.367. The standard InChI is InChI=1S/C27H34N2O4S/c1-33-21-6-7-25-23(16-21)22(9-12-28-25)26(30)8-5-20-10-14-29(17-24(20)27(31)32)13-3-2-4-19-11-15-34-18-19/h6-7,9,11-12,15-16,18,20,24,26,30H,2-5,8,10,13-14,17H2,1H3,(H,31,32)/t20-,24+,26+/m1/s1. The number of aromatic nitrogens is 1. The van der Waals surface area contributed by atoms with Gasteiger partial charge in [0.1, 0.15) is 5.75 Å². The summed E-state index contributed by atoms with van der Waals surface area (Å²) in [6.45, 7) is 2.48. The molecule has 182 valence electrons. The molecule has 1 aliphatic heterocycles. The van der Waals surface area contributed by atoms with Crippen molar-refractivity contribution >= 4 is 28.2 Å². The summed E-state index contributed by atoms with van der Waals surface area (Å²) in [5.74, 6) is -0.298. The van der Waals surface area contributed by atoms with Crippen LogP contribution in [-0.4, -0.2) is 52.8 Å². The number of ether oxygens (including phenoxy) is 1. The number of fused-ring (bicyclic) bond motifs is 1. The van der Waals surface area contributed by atoms with E-state index in [1.54, 1.807) is 24.6 Å². The number of methoxy groups -OCH3 is 1. The topological polar surface area (TPSA) is 82.9 Å². The maximum atomic E-state index is 12.0. The minimum atomic E-state index is -0.721. The highest BCUT2D eigenvalue weighted by Gasteiger charge is 2.34. The van der Waals surface area contributed by atoms with Crippen molar-refractivity contribution in [1.29, 1.82) is 0 Å². The summed E-state index contributed by atoms with van der Waals surface area (Å²) in [5.41, 5.74) is 3.03. The predicted octanol–water partition coefficient (Wildman–Crippen LogP) is 5.16. The normalized spacial score (nSPS) is 19.8. The van der Waals surface area contributed by atoms with Gasteiger partial charge in [0.2, 0.25) is 0 Å². The molecular weight excluding hydrogens is 448 g/mol. The van der Waals surface area contributed by atoms with Crippen LogP contribution in [0.1, 0.15) is 49.3 Å². The van der Waals surface area contributed by atoms with Gasteiger partial charge in [0.05, 0.1) is 24.6 Å². The summed E-state index contributed by atoms with van der Waals surface area (Å²) in [6, 6.07) is 9.67. The fraction of sp³-hybridized carbons (Fsp3) is 0.481. The lowest BCUT2D eigenvalue weighted by atomic mass is 9.81. The predicted molar refractivity (Wildman–Crippen MR) is 135 cm³/mol. The maximum absolute atomic E-state index is 12.0. The molecule has 7 heteroatoms. The van der Waals surface area contributed by atoms with E-state index in [1.165, 1.54) is 5.56 Å². The molecule has 0 unspecified atom stereocenters. The third-order valence-corrected chi connectivity index (χ3v) is 7.81. The third-order valence-electron chi connectivity index (χ3n) is 7.08. The SMILES string of the molecule is COc1ccc2nccc([C@@H](O)CC[C@@H]3CCN(CCCCc4ccsc4)C[C@@H]3C(=O)O)c2c1. The van der Waals surface area contributed by atoms with Crippen molar-refractivity contribution in [3.63, 3.8) is 0 Å². The van der Waals surface area contributed by atoms with E-state index in [0.29, 0.717) is 19.4 Å². The van der Waals surface area contributed by atoms with Crippen molar-refractivity contribution < 1.29 is 19.7 Å². The molecule has 6 nitrogen and oxygen atoms in total. The lowest BCUT2D eigenvalue weighted by molar-refractivity contribution is -0.146. The van der Waals surface area contributed by atoms with E-state index in [4.69, 9.17) is 4.74 Å². The van der Waals surface area contributed by atoms with Crippen LogP contribution >= 0.6 is 11.3 Å². The second kappa shape index (κ2) is 11.8. The van der Waals surface area contributed by atoms with Gasteiger partial charge in [0.25, 0.3) is 0 Å². The average molecular weight is 483 g/mol. The third kappa shape index (κ3) is 6.14. The first-order valence-electron chi connectivity index (χ1n) is 12.1. The van der Waals surface area contributed by atoms with Gasteiger partial charge >= 0.3 is 5.97 Å². The molecule has 2 N–H and O–H groups in total. The fourth-order valence-corrected chi connectivity index (χ4v) is 5.79. The zero-order valence-corrected chi connectivity index (χ0v) is 20.5. The van der Waals surface area contributed by atoms with E-state index >= 15 is 0 Å². The molecule has 1 aromatic carbocycles. The van der Waals surface area contributed by atoms with Crippen molar-refractivity contribution in [3.05, 3.63) is 58.4 Å². The van der Waals surface area contributed by atoms with Gasteiger partial charge in [-0.25, -0.2) is 0 Å². The van der Waals surface area contributed by atoms with Crippen LogP contribution in [0.5, 0.6) is 5.75 Å². The molecule has 3 atom stereocenters. The van der Waals surface area contributed by atoms with Crippen LogP contribution in [0, 0.1) is 11.8 Å². The maximum Gasteiger partial charge on any atom is 0.308 e. The van der Waals surface area contributed by atoms with Crippen molar-refractivity contribution in [3.8, 4) is 5.75 Å². The second-order valence-corrected chi connectivity index (χ2v) is 10.0. The van der Waals surface area contributed by atoms with Crippen molar-refractivity contribution in [2.45, 2.75) is 44.6 Å². The van der Waals surface area contributed by atoms with E-state index < -0.39 is 12.1 Å². The molecule has 3 aromatic rings. The molecule has 1 aliphatic rings. The number of thiophene rings is 1. The van der Waals surface area contributed by atoms with Crippen molar-refractivity contribution in [2.75, 3.05) is 26.7 Å². The zero-order valence-electron chi connectivity index (χ0n) is 19.7. The average Bonchev–Trinajstić information content (AvgIpc) is 3.38. The Balaban J connectivity index is 1.31. The fourth-order valence-electron chi connectivity index (χ4n) is 5.09. The number of nitrogens with zero attached hydrogens (tertiary/aromatic N) is 2. The first-order chi connectivity index (χ1) is 16.5. The molecule has 3 heterocycles. The van der Waals surface area contributed by atoms with E-state index in [1.807, 2.05) is 24.3 Å². The second-order valence-electron chi connectivity index (χ2n) is 9.26. The van der Waals surface area contributed by atoms with Gasteiger partial charge in [-0.3, -0.25) is 9.78 Å². The lowest BCUT2D eigenvalue weighted by Crippen LogP contribution is -2.44.